The monoisotopic (exact) mass is 476 g/mol. The lowest BCUT2D eigenvalue weighted by Gasteiger charge is -2.18. The molecule has 0 radical (unpaired) electrons. The summed E-state index contributed by atoms with van der Waals surface area (Å²) in [5, 5.41) is 2.52. The van der Waals surface area contributed by atoms with Gasteiger partial charge < -0.3 is 5.32 Å². The second-order valence-electron chi connectivity index (χ2n) is 7.52. The number of sulfone groups is 1. The van der Waals surface area contributed by atoms with Crippen LogP contribution in [-0.2, 0) is 21.7 Å². The van der Waals surface area contributed by atoms with Crippen molar-refractivity contribution in [1.29, 1.82) is 0 Å². The van der Waals surface area contributed by atoms with E-state index in [1.165, 1.54) is 24.3 Å². The van der Waals surface area contributed by atoms with E-state index in [4.69, 9.17) is 0 Å². The van der Waals surface area contributed by atoms with E-state index >= 15 is 8.78 Å². The van der Waals surface area contributed by atoms with Gasteiger partial charge in [-0.15, -0.1) is 11.3 Å². The van der Waals surface area contributed by atoms with Gasteiger partial charge in [-0.3, -0.25) is 4.79 Å². The third-order valence-electron chi connectivity index (χ3n) is 4.60. The van der Waals surface area contributed by atoms with E-state index in [9.17, 15) is 22.0 Å². The fourth-order valence-corrected chi connectivity index (χ4v) is 4.27. The summed E-state index contributed by atoms with van der Waals surface area (Å²) in [6.45, 7) is 0.514. The average molecular weight is 477 g/mol. The van der Waals surface area contributed by atoms with Crippen molar-refractivity contribution in [3.8, 4) is 0 Å². The molecule has 11 heteroatoms. The molecule has 1 amide bonds. The molecule has 1 aliphatic carbocycles. The summed E-state index contributed by atoms with van der Waals surface area (Å²) in [7, 11) is -3.47. The molecule has 1 saturated carbocycles. The molecule has 168 valence electrons. The van der Waals surface area contributed by atoms with Gasteiger partial charge in [0.1, 0.15) is 10.6 Å². The van der Waals surface area contributed by atoms with Crippen LogP contribution in [0.4, 0.5) is 17.6 Å². The summed E-state index contributed by atoms with van der Waals surface area (Å²) in [6.07, 6.45) is 3.68. The Morgan fingerprint density at radius 2 is 1.84 bits per heavy atom. The number of thiazole rings is 1. The number of nitrogens with one attached hydrogen (secondary N) is 1. The van der Waals surface area contributed by atoms with Crippen molar-refractivity contribution in [2.45, 2.75) is 37.7 Å². The van der Waals surface area contributed by atoms with E-state index in [-0.39, 0.29) is 17.3 Å². The first-order valence-corrected chi connectivity index (χ1v) is 12.1. The molecular weight excluding hydrogens is 456 g/mol. The van der Waals surface area contributed by atoms with Gasteiger partial charge in [-0.05, 0) is 18.8 Å². The van der Waals surface area contributed by atoms with Crippen molar-refractivity contribution in [1.82, 2.24) is 10.3 Å². The lowest BCUT2D eigenvalue weighted by atomic mass is 10.0. The highest BCUT2D eigenvalue weighted by atomic mass is 32.2. The molecule has 0 bridgehead atoms. The number of carbonyl (C=O) groups is 1. The number of nitrogens with zero attached hydrogens (tertiary/aromatic N) is 1. The van der Waals surface area contributed by atoms with Crippen molar-refractivity contribution in [3.63, 3.8) is 0 Å². The van der Waals surface area contributed by atoms with Crippen LogP contribution >= 0.6 is 11.3 Å². The second-order valence-corrected chi connectivity index (χ2v) is 10.5. The van der Waals surface area contributed by atoms with Gasteiger partial charge in [0, 0.05) is 24.2 Å². The number of hydrogen-bond donors (Lipinski definition) is 1. The Hall–Kier alpha value is -2.27. The molecule has 1 aromatic heterocycles. The van der Waals surface area contributed by atoms with E-state index in [1.54, 1.807) is 0 Å². The van der Waals surface area contributed by atoms with Crippen LogP contribution in [0.15, 0.2) is 41.8 Å². The highest BCUT2D eigenvalue weighted by Gasteiger charge is 2.44. The van der Waals surface area contributed by atoms with Crippen LogP contribution in [0, 0.1) is 5.92 Å². The van der Waals surface area contributed by atoms with Crippen LogP contribution in [0.25, 0.3) is 0 Å². The maximum absolute atomic E-state index is 15.1. The molecule has 1 aromatic carbocycles. The summed E-state index contributed by atoms with van der Waals surface area (Å²) in [5.74, 6) is -8.36. The molecule has 0 unspecified atom stereocenters. The highest BCUT2D eigenvalue weighted by molar-refractivity contribution is 7.93. The number of amides is 1. The SMILES string of the molecule is CC(F)(F)c1nc(C(F)(F)c2ccccc2)c(C(=O)N[C@H](/C=C/S(C)(=O)=O)C2CC2)s1. The first kappa shape index (κ1) is 23.4. The molecule has 31 heavy (non-hydrogen) atoms. The molecule has 1 N–H and O–H groups in total. The van der Waals surface area contributed by atoms with Gasteiger partial charge in [0.25, 0.3) is 11.8 Å². The minimum Gasteiger partial charge on any atom is -0.345 e. The van der Waals surface area contributed by atoms with Gasteiger partial charge in [0.2, 0.25) is 0 Å². The minimum absolute atomic E-state index is 0.0555. The number of aromatic nitrogens is 1. The predicted octanol–water partition coefficient (Wildman–Crippen LogP) is 4.46. The van der Waals surface area contributed by atoms with Crippen molar-refractivity contribution >= 4 is 27.1 Å². The number of rotatable bonds is 8. The minimum atomic E-state index is -3.79. The van der Waals surface area contributed by atoms with Crippen LogP contribution in [0.2, 0.25) is 0 Å². The molecule has 0 spiro atoms. The molecule has 2 aromatic rings. The molecule has 1 aliphatic rings. The van der Waals surface area contributed by atoms with Gasteiger partial charge in [-0.1, -0.05) is 36.4 Å². The summed E-state index contributed by atoms with van der Waals surface area (Å²) < 4.78 is 80.8. The van der Waals surface area contributed by atoms with E-state index in [2.05, 4.69) is 10.3 Å². The van der Waals surface area contributed by atoms with Gasteiger partial charge in [0.05, 0.1) is 6.04 Å². The third kappa shape index (κ3) is 5.70. The lowest BCUT2D eigenvalue weighted by Crippen LogP contribution is -2.36. The topological polar surface area (TPSA) is 76.1 Å². The largest absolute Gasteiger partial charge is 0.345 e. The van der Waals surface area contributed by atoms with Crippen LogP contribution < -0.4 is 5.32 Å². The molecule has 1 atom stereocenters. The number of alkyl halides is 4. The fourth-order valence-electron chi connectivity index (χ4n) is 2.88. The number of carbonyl (C=O) groups excluding carboxylic acids is 1. The van der Waals surface area contributed by atoms with E-state index in [0.29, 0.717) is 19.8 Å². The summed E-state index contributed by atoms with van der Waals surface area (Å²) in [6, 6.07) is 5.76. The Balaban J connectivity index is 2.00. The van der Waals surface area contributed by atoms with E-state index < -0.39 is 54.8 Å². The van der Waals surface area contributed by atoms with Crippen molar-refractivity contribution in [3.05, 3.63) is 63.0 Å². The first-order chi connectivity index (χ1) is 14.3. The van der Waals surface area contributed by atoms with E-state index in [1.807, 2.05) is 0 Å². The molecule has 0 saturated heterocycles. The molecule has 0 aliphatic heterocycles. The second kappa shape index (κ2) is 8.34. The van der Waals surface area contributed by atoms with Gasteiger partial charge in [-0.2, -0.15) is 17.6 Å². The average Bonchev–Trinajstić information content (AvgIpc) is 3.40. The fraction of sp³-hybridized carbons (Fsp3) is 0.400. The molecular formula is C20H20F4N2O3S2. The Bertz CT molecular complexity index is 1090. The standard InChI is InChI=1S/C20H20F4N2O3S2/c1-19(21,22)18-26-16(20(23,24)13-6-4-3-5-7-13)15(30-18)17(27)25-14(12-8-9-12)10-11-31(2,28)29/h3-7,10-12,14H,8-9H2,1-2H3,(H,25,27)/b11-10+/t14-/m1/s1. The Kier molecular flexibility index (Phi) is 6.30. The van der Waals surface area contributed by atoms with Crippen molar-refractivity contribution < 1.29 is 30.8 Å². The number of benzene rings is 1. The molecule has 3 rings (SSSR count). The zero-order valence-electron chi connectivity index (χ0n) is 16.6. The van der Waals surface area contributed by atoms with Crippen molar-refractivity contribution in [2.24, 2.45) is 5.92 Å². The quantitative estimate of drug-likeness (QED) is 0.571. The van der Waals surface area contributed by atoms with Crippen molar-refractivity contribution in [2.75, 3.05) is 6.26 Å². The molecule has 1 fully saturated rings. The maximum Gasteiger partial charge on any atom is 0.316 e. The first-order valence-electron chi connectivity index (χ1n) is 9.31. The molecule has 1 heterocycles. The zero-order valence-corrected chi connectivity index (χ0v) is 18.2. The Labute approximate surface area is 181 Å². The normalized spacial score (nSPS) is 16.5. The third-order valence-corrected chi connectivity index (χ3v) is 6.48. The smallest absolute Gasteiger partial charge is 0.316 e. The summed E-state index contributed by atoms with van der Waals surface area (Å²) >= 11 is 0.198. The van der Waals surface area contributed by atoms with Crippen LogP contribution in [-0.4, -0.2) is 31.6 Å². The highest BCUT2D eigenvalue weighted by Crippen LogP contribution is 2.42. The summed E-state index contributed by atoms with van der Waals surface area (Å²) in [4.78, 5) is 15.7. The summed E-state index contributed by atoms with van der Waals surface area (Å²) in [5.41, 5.74) is -1.55. The Morgan fingerprint density at radius 1 is 1.23 bits per heavy atom. The van der Waals surface area contributed by atoms with Crippen LogP contribution in [0.5, 0.6) is 0 Å². The lowest BCUT2D eigenvalue weighted by molar-refractivity contribution is 0.0133. The van der Waals surface area contributed by atoms with E-state index in [0.717, 1.165) is 23.8 Å². The van der Waals surface area contributed by atoms with Gasteiger partial charge >= 0.3 is 5.92 Å². The maximum atomic E-state index is 15.1. The van der Waals surface area contributed by atoms with Crippen LogP contribution in [0.3, 0.4) is 0 Å². The number of hydrogen-bond acceptors (Lipinski definition) is 5. The molecule has 5 nitrogen and oxygen atoms in total. The number of halogens is 4. The zero-order chi connectivity index (χ0) is 23.0. The Morgan fingerprint density at radius 3 is 2.35 bits per heavy atom. The van der Waals surface area contributed by atoms with Crippen LogP contribution in [0.1, 0.15) is 45.7 Å². The van der Waals surface area contributed by atoms with Gasteiger partial charge in [0.15, 0.2) is 14.8 Å². The predicted molar refractivity (Wildman–Crippen MR) is 109 cm³/mol. The van der Waals surface area contributed by atoms with Gasteiger partial charge in [-0.25, -0.2) is 13.4 Å².